The number of aliphatic hydroxyl groups excluding tert-OH is 1. The highest BCUT2D eigenvalue weighted by molar-refractivity contribution is 5.92. The molecule has 1 aromatic carbocycles. The summed E-state index contributed by atoms with van der Waals surface area (Å²) in [6.07, 6.45) is -2.77. The van der Waals surface area contributed by atoms with E-state index in [1.54, 1.807) is 24.3 Å². The fourth-order valence-electron chi connectivity index (χ4n) is 2.85. The summed E-state index contributed by atoms with van der Waals surface area (Å²) in [4.78, 5) is 12.1. The third kappa shape index (κ3) is 4.47. The van der Waals surface area contributed by atoms with Crippen LogP contribution in [0.2, 0.25) is 0 Å². The van der Waals surface area contributed by atoms with Crippen LogP contribution in [0.5, 0.6) is 0 Å². The minimum Gasteiger partial charge on any atom is -0.396 e. The number of carbonyl (C=O) groups excluding carboxylic acids is 1. The summed E-state index contributed by atoms with van der Waals surface area (Å²) in [6.45, 7) is 0.0482. The van der Waals surface area contributed by atoms with Crippen LogP contribution in [0.25, 0.3) is 0 Å². The molecule has 1 aliphatic rings. The van der Waals surface area contributed by atoms with Gasteiger partial charge >= 0.3 is 6.18 Å². The van der Waals surface area contributed by atoms with Crippen molar-refractivity contribution in [3.05, 3.63) is 29.8 Å². The van der Waals surface area contributed by atoms with E-state index in [9.17, 15) is 18.0 Å². The summed E-state index contributed by atoms with van der Waals surface area (Å²) in [5.41, 5.74) is 1.51. The Morgan fingerprint density at radius 3 is 2.50 bits per heavy atom. The second-order valence-electron chi connectivity index (χ2n) is 5.76. The van der Waals surface area contributed by atoms with E-state index in [1.807, 2.05) is 0 Å². The van der Waals surface area contributed by atoms with Gasteiger partial charge in [0.2, 0.25) is 5.91 Å². The van der Waals surface area contributed by atoms with Gasteiger partial charge in [0.15, 0.2) is 0 Å². The summed E-state index contributed by atoms with van der Waals surface area (Å²) in [5.74, 6) is -2.30. The molecule has 0 spiro atoms. The van der Waals surface area contributed by atoms with Gasteiger partial charge in [0.25, 0.3) is 0 Å². The predicted molar refractivity (Wildman–Crippen MR) is 77.4 cm³/mol. The summed E-state index contributed by atoms with van der Waals surface area (Å²) < 4.78 is 38.3. The number of anilines is 1. The van der Waals surface area contributed by atoms with Crippen molar-refractivity contribution in [2.45, 2.75) is 38.3 Å². The third-order valence-corrected chi connectivity index (χ3v) is 4.13. The first kappa shape index (κ1) is 16.8. The topological polar surface area (TPSA) is 49.3 Å². The van der Waals surface area contributed by atoms with Gasteiger partial charge in [-0.05, 0) is 43.4 Å². The average Bonchev–Trinajstić information content (AvgIpc) is 2.49. The van der Waals surface area contributed by atoms with Gasteiger partial charge in [0, 0.05) is 18.2 Å². The van der Waals surface area contributed by atoms with Gasteiger partial charge in [-0.15, -0.1) is 0 Å². The van der Waals surface area contributed by atoms with Crippen molar-refractivity contribution in [1.29, 1.82) is 0 Å². The van der Waals surface area contributed by atoms with E-state index >= 15 is 0 Å². The highest BCUT2D eigenvalue weighted by Gasteiger charge is 2.43. The van der Waals surface area contributed by atoms with Gasteiger partial charge in [-0.2, -0.15) is 13.2 Å². The molecule has 122 valence electrons. The highest BCUT2D eigenvalue weighted by Crippen LogP contribution is 2.40. The van der Waals surface area contributed by atoms with Crippen LogP contribution in [0.3, 0.4) is 0 Å². The lowest BCUT2D eigenvalue weighted by Crippen LogP contribution is -2.34. The van der Waals surface area contributed by atoms with E-state index in [1.165, 1.54) is 0 Å². The quantitative estimate of drug-likeness (QED) is 0.893. The van der Waals surface area contributed by atoms with Crippen LogP contribution in [0, 0.1) is 11.8 Å². The Kier molecular flexibility index (Phi) is 5.45. The zero-order valence-electron chi connectivity index (χ0n) is 12.2. The minimum atomic E-state index is -4.22. The van der Waals surface area contributed by atoms with E-state index in [0.29, 0.717) is 24.9 Å². The first-order chi connectivity index (χ1) is 10.4. The van der Waals surface area contributed by atoms with E-state index in [-0.39, 0.29) is 25.4 Å². The van der Waals surface area contributed by atoms with E-state index in [0.717, 1.165) is 5.56 Å². The molecule has 0 unspecified atom stereocenters. The van der Waals surface area contributed by atoms with Crippen LogP contribution in [-0.4, -0.2) is 23.8 Å². The molecule has 3 nitrogen and oxygen atoms in total. The Bertz CT molecular complexity index is 499. The zero-order chi connectivity index (χ0) is 16.2. The molecular weight excluding hydrogens is 295 g/mol. The average molecular weight is 315 g/mol. The van der Waals surface area contributed by atoms with Crippen molar-refractivity contribution < 1.29 is 23.1 Å². The van der Waals surface area contributed by atoms with Gasteiger partial charge in [-0.3, -0.25) is 4.79 Å². The molecule has 1 amide bonds. The normalized spacial score (nSPS) is 22.4. The van der Waals surface area contributed by atoms with Crippen LogP contribution < -0.4 is 5.32 Å². The molecule has 0 saturated heterocycles. The standard InChI is InChI=1S/C16H20F3NO2/c17-16(18,19)13-3-1-2-12(10-13)15(22)20-14-6-4-11(5-7-14)8-9-21/h4-7,12-13,21H,1-3,8-10H2,(H,20,22)/t12-,13-/m0/s1. The molecule has 0 radical (unpaired) electrons. The number of nitrogens with one attached hydrogen (secondary N) is 1. The zero-order valence-corrected chi connectivity index (χ0v) is 12.2. The number of hydrogen-bond donors (Lipinski definition) is 2. The fraction of sp³-hybridized carbons (Fsp3) is 0.562. The lowest BCUT2D eigenvalue weighted by atomic mass is 9.80. The molecule has 1 fully saturated rings. The molecule has 0 aliphatic heterocycles. The Balaban J connectivity index is 1.93. The van der Waals surface area contributed by atoms with E-state index in [4.69, 9.17) is 5.11 Å². The summed E-state index contributed by atoms with van der Waals surface area (Å²) in [6, 6.07) is 6.97. The Hall–Kier alpha value is -1.56. The van der Waals surface area contributed by atoms with Gasteiger partial charge in [-0.1, -0.05) is 18.6 Å². The van der Waals surface area contributed by atoms with Gasteiger partial charge in [-0.25, -0.2) is 0 Å². The first-order valence-corrected chi connectivity index (χ1v) is 7.47. The van der Waals surface area contributed by atoms with Crippen molar-refractivity contribution in [2.24, 2.45) is 11.8 Å². The molecule has 0 aromatic heterocycles. The summed E-state index contributed by atoms with van der Waals surface area (Å²) >= 11 is 0. The lowest BCUT2D eigenvalue weighted by Gasteiger charge is -2.29. The molecule has 6 heteroatoms. The fourth-order valence-corrected chi connectivity index (χ4v) is 2.85. The maximum atomic E-state index is 12.8. The molecular formula is C16H20F3NO2. The van der Waals surface area contributed by atoms with Crippen molar-refractivity contribution >= 4 is 11.6 Å². The van der Waals surface area contributed by atoms with Crippen molar-refractivity contribution in [3.63, 3.8) is 0 Å². The van der Waals surface area contributed by atoms with Crippen LogP contribution in [0.4, 0.5) is 18.9 Å². The molecule has 1 saturated carbocycles. The summed E-state index contributed by atoms with van der Waals surface area (Å²) in [5, 5.41) is 11.5. The van der Waals surface area contributed by atoms with Crippen LogP contribution >= 0.6 is 0 Å². The van der Waals surface area contributed by atoms with Crippen LogP contribution in [0.1, 0.15) is 31.2 Å². The monoisotopic (exact) mass is 315 g/mol. The second kappa shape index (κ2) is 7.13. The molecule has 2 N–H and O–H groups in total. The number of hydrogen-bond acceptors (Lipinski definition) is 2. The van der Waals surface area contributed by atoms with E-state index in [2.05, 4.69) is 5.32 Å². The van der Waals surface area contributed by atoms with Gasteiger partial charge < -0.3 is 10.4 Å². The van der Waals surface area contributed by atoms with Crippen molar-refractivity contribution in [2.75, 3.05) is 11.9 Å². The number of carbonyl (C=O) groups is 1. The van der Waals surface area contributed by atoms with Crippen molar-refractivity contribution in [3.8, 4) is 0 Å². The Morgan fingerprint density at radius 2 is 1.91 bits per heavy atom. The predicted octanol–water partition coefficient (Wildman–Crippen LogP) is 3.53. The first-order valence-electron chi connectivity index (χ1n) is 7.47. The molecule has 22 heavy (non-hydrogen) atoms. The Labute approximate surface area is 127 Å². The number of rotatable bonds is 4. The number of benzene rings is 1. The van der Waals surface area contributed by atoms with Crippen LogP contribution in [-0.2, 0) is 11.2 Å². The van der Waals surface area contributed by atoms with E-state index < -0.39 is 18.0 Å². The van der Waals surface area contributed by atoms with Gasteiger partial charge in [0.1, 0.15) is 0 Å². The van der Waals surface area contributed by atoms with Crippen molar-refractivity contribution in [1.82, 2.24) is 0 Å². The molecule has 1 aliphatic carbocycles. The number of alkyl halides is 3. The number of amides is 1. The third-order valence-electron chi connectivity index (χ3n) is 4.13. The number of halogens is 3. The maximum Gasteiger partial charge on any atom is 0.391 e. The second-order valence-corrected chi connectivity index (χ2v) is 5.76. The molecule has 2 atom stereocenters. The summed E-state index contributed by atoms with van der Waals surface area (Å²) in [7, 11) is 0. The molecule has 2 rings (SSSR count). The molecule has 1 aromatic rings. The lowest BCUT2D eigenvalue weighted by molar-refractivity contribution is -0.185. The highest BCUT2D eigenvalue weighted by atomic mass is 19.4. The largest absolute Gasteiger partial charge is 0.396 e. The molecule has 0 bridgehead atoms. The molecule has 0 heterocycles. The Morgan fingerprint density at radius 1 is 1.23 bits per heavy atom. The SMILES string of the molecule is O=C(Nc1ccc(CCO)cc1)[C@H]1CCC[C@H](C(F)(F)F)C1. The maximum absolute atomic E-state index is 12.8. The van der Waals surface area contributed by atoms with Crippen LogP contribution in [0.15, 0.2) is 24.3 Å². The number of aliphatic hydroxyl groups is 1. The van der Waals surface area contributed by atoms with Gasteiger partial charge in [0.05, 0.1) is 5.92 Å². The smallest absolute Gasteiger partial charge is 0.391 e. The minimum absolute atomic E-state index is 0.0482.